The molecule has 38 heavy (non-hydrogen) atoms. The molecule has 2 aromatic carbocycles. The van der Waals surface area contributed by atoms with Crippen molar-refractivity contribution in [3.05, 3.63) is 66.2 Å². The fourth-order valence-electron chi connectivity index (χ4n) is 3.87. The summed E-state index contributed by atoms with van der Waals surface area (Å²) in [5, 5.41) is 2.19. The molecule has 198 valence electrons. The van der Waals surface area contributed by atoms with Crippen LogP contribution in [0.2, 0.25) is 0 Å². The summed E-state index contributed by atoms with van der Waals surface area (Å²) in [4.78, 5) is 29.9. The molecule has 7 nitrogen and oxygen atoms in total. The zero-order valence-electron chi connectivity index (χ0n) is 20.1. The molecule has 2 heterocycles. The van der Waals surface area contributed by atoms with E-state index in [2.05, 4.69) is 26.2 Å². The maximum atomic E-state index is 15.2. The smallest absolute Gasteiger partial charge is 0.471 e. The predicted octanol–water partition coefficient (Wildman–Crippen LogP) is 6.57. The first-order valence-corrected chi connectivity index (χ1v) is 14.1. The number of hydrogen-bond acceptors (Lipinski definition) is 5. The molecular formula is C25H19F4IN4O3S. The number of carbonyl (C=O) groups is 2. The van der Waals surface area contributed by atoms with Crippen LogP contribution in [0.1, 0.15) is 10.4 Å². The highest BCUT2D eigenvalue weighted by atomic mass is 127. The van der Waals surface area contributed by atoms with Crippen LogP contribution in [0.5, 0.6) is 5.75 Å². The summed E-state index contributed by atoms with van der Waals surface area (Å²) < 4.78 is 61.1. The molecule has 2 aromatic heterocycles. The van der Waals surface area contributed by atoms with Gasteiger partial charge in [0.15, 0.2) is 5.65 Å². The average molecular weight is 658 g/mol. The van der Waals surface area contributed by atoms with E-state index < -0.39 is 35.1 Å². The molecule has 0 spiro atoms. The van der Waals surface area contributed by atoms with Gasteiger partial charge in [0.1, 0.15) is 11.6 Å². The molecule has 0 aliphatic heterocycles. The first-order valence-electron chi connectivity index (χ1n) is 10.8. The van der Waals surface area contributed by atoms with Gasteiger partial charge in [0, 0.05) is 78.9 Å². The molecule has 0 fully saturated rings. The minimum Gasteiger partial charge on any atom is -0.496 e. The van der Waals surface area contributed by atoms with Crippen molar-refractivity contribution in [2.24, 2.45) is 0 Å². The molecule has 1 N–H and O–H groups in total. The van der Waals surface area contributed by atoms with E-state index in [0.29, 0.717) is 22.3 Å². The van der Waals surface area contributed by atoms with Crippen molar-refractivity contribution < 1.29 is 31.9 Å². The Morgan fingerprint density at radius 1 is 1.11 bits per heavy atom. The Bertz CT molecular complexity index is 1560. The molecule has 0 bridgehead atoms. The third-order valence-corrected chi connectivity index (χ3v) is 7.34. The molecule has 4 rings (SSSR count). The van der Waals surface area contributed by atoms with Gasteiger partial charge in [0.2, 0.25) is 0 Å². The second-order valence-electron chi connectivity index (χ2n) is 8.27. The van der Waals surface area contributed by atoms with Crippen molar-refractivity contribution in [3.8, 4) is 28.0 Å². The molecule has 2 amide bonds. The van der Waals surface area contributed by atoms with Gasteiger partial charge in [-0.05, 0) is 29.8 Å². The number of halogens is 5. The highest BCUT2D eigenvalue weighted by Crippen LogP contribution is 2.40. The van der Waals surface area contributed by atoms with Gasteiger partial charge < -0.3 is 15.0 Å². The average Bonchev–Trinajstić information content (AvgIpc) is 3.26. The van der Waals surface area contributed by atoms with Crippen LogP contribution in [0.3, 0.4) is 0 Å². The predicted molar refractivity (Wildman–Crippen MR) is 147 cm³/mol. The van der Waals surface area contributed by atoms with Crippen molar-refractivity contribution in [2.75, 3.05) is 26.5 Å². The Morgan fingerprint density at radius 3 is 2.45 bits per heavy atom. The standard InChI is InChI=1S/C25H19F4IN4O3S/c1-33(2)23(35)17-8-13(10-19(26)21(17)32-24(36)25(27,28)29)14-9-16-18(12-34(38-30)22(16)31-11-14)15-6-4-5-7-20(15)37-3/h4-12H,1-3H3,(H,32,36). The van der Waals surface area contributed by atoms with Crippen molar-refractivity contribution in [3.63, 3.8) is 0 Å². The molecule has 0 saturated heterocycles. The quantitative estimate of drug-likeness (QED) is 0.188. The van der Waals surface area contributed by atoms with Crippen LogP contribution in [0, 0.1) is 5.82 Å². The molecule has 0 radical (unpaired) electrons. The van der Waals surface area contributed by atoms with Gasteiger partial charge in [-0.3, -0.25) is 13.6 Å². The Balaban J connectivity index is 1.91. The highest BCUT2D eigenvalue weighted by Gasteiger charge is 2.40. The van der Waals surface area contributed by atoms with E-state index in [4.69, 9.17) is 4.74 Å². The van der Waals surface area contributed by atoms with Gasteiger partial charge in [-0.2, -0.15) is 13.2 Å². The number of methoxy groups -OCH3 is 1. The number of ether oxygens (including phenoxy) is 1. The van der Waals surface area contributed by atoms with Crippen LogP contribution in [-0.2, 0) is 4.79 Å². The van der Waals surface area contributed by atoms with E-state index in [0.717, 1.165) is 22.1 Å². The summed E-state index contributed by atoms with van der Waals surface area (Å²) in [6.45, 7) is 0. The van der Waals surface area contributed by atoms with Crippen LogP contribution in [-0.4, -0.2) is 53.1 Å². The first kappa shape index (κ1) is 27.7. The van der Waals surface area contributed by atoms with Crippen molar-refractivity contribution in [2.45, 2.75) is 6.18 Å². The van der Waals surface area contributed by atoms with Gasteiger partial charge >= 0.3 is 12.1 Å². The van der Waals surface area contributed by atoms with Crippen LogP contribution in [0.25, 0.3) is 33.3 Å². The van der Waals surface area contributed by atoms with E-state index in [1.54, 1.807) is 13.2 Å². The summed E-state index contributed by atoms with van der Waals surface area (Å²) in [6.07, 6.45) is -1.91. The zero-order valence-corrected chi connectivity index (χ0v) is 23.0. The number of nitrogens with zero attached hydrogens (tertiary/aromatic N) is 3. The highest BCUT2D eigenvalue weighted by molar-refractivity contribution is 14.2. The second-order valence-corrected chi connectivity index (χ2v) is 9.98. The maximum absolute atomic E-state index is 15.2. The molecule has 0 saturated carbocycles. The lowest BCUT2D eigenvalue weighted by molar-refractivity contribution is -0.167. The molecule has 4 aromatic rings. The number of pyridine rings is 1. The molecule has 0 aliphatic carbocycles. The fraction of sp³-hybridized carbons (Fsp3) is 0.160. The van der Waals surface area contributed by atoms with E-state index in [9.17, 15) is 22.8 Å². The molecule has 0 atom stereocenters. The maximum Gasteiger partial charge on any atom is 0.471 e. The monoisotopic (exact) mass is 658 g/mol. The van der Waals surface area contributed by atoms with Gasteiger partial charge in [-0.15, -0.1) is 0 Å². The third-order valence-electron chi connectivity index (χ3n) is 5.64. The normalized spacial score (nSPS) is 11.5. The number of benzene rings is 2. The van der Waals surface area contributed by atoms with Crippen molar-refractivity contribution >= 4 is 58.9 Å². The molecular weight excluding hydrogens is 639 g/mol. The number of para-hydroxylation sites is 1. The van der Waals surface area contributed by atoms with E-state index in [1.165, 1.54) is 40.8 Å². The van der Waals surface area contributed by atoms with Gasteiger partial charge in [-0.1, -0.05) is 18.2 Å². The van der Waals surface area contributed by atoms with Gasteiger partial charge in [0.05, 0.1) is 18.4 Å². The number of aromatic nitrogens is 2. The lowest BCUT2D eigenvalue weighted by Crippen LogP contribution is -2.32. The zero-order chi connectivity index (χ0) is 27.8. The Hall–Kier alpha value is -3.33. The number of carbonyl (C=O) groups excluding carboxylic acids is 2. The first-order chi connectivity index (χ1) is 18.0. The van der Waals surface area contributed by atoms with Crippen molar-refractivity contribution in [1.29, 1.82) is 0 Å². The van der Waals surface area contributed by atoms with Crippen LogP contribution >= 0.6 is 30.3 Å². The number of fused-ring (bicyclic) bond motifs is 1. The Kier molecular flexibility index (Phi) is 7.88. The van der Waals surface area contributed by atoms with Gasteiger partial charge in [0.25, 0.3) is 5.91 Å². The number of hydrogen-bond donors (Lipinski definition) is 1. The number of amides is 2. The largest absolute Gasteiger partial charge is 0.496 e. The lowest BCUT2D eigenvalue weighted by atomic mass is 9.99. The molecule has 0 unspecified atom stereocenters. The minimum absolute atomic E-state index is 0.188. The summed E-state index contributed by atoms with van der Waals surface area (Å²) >= 11 is 2.11. The van der Waals surface area contributed by atoms with E-state index in [-0.39, 0.29) is 5.56 Å². The van der Waals surface area contributed by atoms with E-state index >= 15 is 4.39 Å². The summed E-state index contributed by atoms with van der Waals surface area (Å²) in [6, 6.07) is 11.3. The van der Waals surface area contributed by atoms with Crippen molar-refractivity contribution in [1.82, 2.24) is 13.9 Å². The Labute approximate surface area is 230 Å². The van der Waals surface area contributed by atoms with Gasteiger partial charge in [-0.25, -0.2) is 9.37 Å². The van der Waals surface area contributed by atoms with Crippen LogP contribution in [0.4, 0.5) is 23.2 Å². The SMILES string of the molecule is COc1ccccc1-c1cn(SI)c2ncc(-c3cc(F)c(NC(=O)C(F)(F)F)c(C(=O)N(C)C)c3)cc12. The molecule has 13 heteroatoms. The van der Waals surface area contributed by atoms with Crippen LogP contribution < -0.4 is 10.1 Å². The summed E-state index contributed by atoms with van der Waals surface area (Å²) in [5.74, 6) is -3.75. The lowest BCUT2D eigenvalue weighted by Gasteiger charge is -2.18. The summed E-state index contributed by atoms with van der Waals surface area (Å²) in [5.41, 5.74) is 1.50. The number of nitrogens with one attached hydrogen (secondary N) is 1. The molecule has 0 aliphatic rings. The minimum atomic E-state index is -5.27. The number of rotatable bonds is 6. The van der Waals surface area contributed by atoms with E-state index in [1.807, 2.05) is 34.4 Å². The second kappa shape index (κ2) is 10.8. The fourth-order valence-corrected chi connectivity index (χ4v) is 5.12. The third kappa shape index (κ3) is 5.29. The number of anilines is 1. The summed E-state index contributed by atoms with van der Waals surface area (Å²) in [7, 11) is 5.67. The topological polar surface area (TPSA) is 76.5 Å². The Morgan fingerprint density at radius 2 is 1.82 bits per heavy atom. The van der Waals surface area contributed by atoms with Crippen LogP contribution in [0.15, 0.2) is 54.9 Å². The number of alkyl halides is 3.